The van der Waals surface area contributed by atoms with Gasteiger partial charge in [0.15, 0.2) is 6.10 Å². The highest BCUT2D eigenvalue weighted by Gasteiger charge is 2.48. The van der Waals surface area contributed by atoms with Crippen molar-refractivity contribution in [3.05, 3.63) is 29.8 Å². The summed E-state index contributed by atoms with van der Waals surface area (Å²) in [5.74, 6) is 0.483. The second-order valence-electron chi connectivity index (χ2n) is 5.28. The van der Waals surface area contributed by atoms with Crippen molar-refractivity contribution in [1.82, 2.24) is 0 Å². The summed E-state index contributed by atoms with van der Waals surface area (Å²) in [7, 11) is 1.62. The molecule has 1 aromatic carbocycles. The Morgan fingerprint density at radius 3 is 2.33 bits per heavy atom. The van der Waals surface area contributed by atoms with Crippen LogP contribution in [0.25, 0.3) is 0 Å². The molecule has 1 aliphatic rings. The van der Waals surface area contributed by atoms with Crippen LogP contribution in [-0.4, -0.2) is 24.8 Å². The lowest BCUT2D eigenvalue weighted by molar-refractivity contribution is -0.156. The van der Waals surface area contributed by atoms with Gasteiger partial charge in [-0.25, -0.2) is 4.79 Å². The molecule has 0 bridgehead atoms. The Morgan fingerprint density at radius 1 is 1.22 bits per heavy atom. The molecule has 0 aliphatic carbocycles. The van der Waals surface area contributed by atoms with Gasteiger partial charge in [0.05, 0.1) is 7.11 Å². The number of carbonyl (C=O) groups excluding carboxylic acids is 1. The van der Waals surface area contributed by atoms with Gasteiger partial charge in [0, 0.05) is 0 Å². The zero-order valence-corrected chi connectivity index (χ0v) is 11.1. The van der Waals surface area contributed by atoms with Gasteiger partial charge in [-0.15, -0.1) is 0 Å². The predicted molar refractivity (Wildman–Crippen MR) is 66.5 cm³/mol. The molecule has 0 radical (unpaired) electrons. The number of carbonyl (C=O) groups is 1. The predicted octanol–water partition coefficient (Wildman–Crippen LogP) is 2.48. The third kappa shape index (κ3) is 3.01. The summed E-state index contributed by atoms with van der Waals surface area (Å²) < 4.78 is 15.7. The van der Waals surface area contributed by atoms with Crippen molar-refractivity contribution in [1.29, 1.82) is 0 Å². The fourth-order valence-electron chi connectivity index (χ4n) is 1.70. The Hall–Kier alpha value is -1.55. The fourth-order valence-corrected chi connectivity index (χ4v) is 1.70. The Labute approximate surface area is 107 Å². The zero-order valence-electron chi connectivity index (χ0n) is 11.1. The quantitative estimate of drug-likeness (QED) is 0.611. The summed E-state index contributed by atoms with van der Waals surface area (Å²) in [5, 5.41) is 0. The van der Waals surface area contributed by atoms with Crippen LogP contribution in [-0.2, 0) is 14.3 Å². The number of ether oxygens (including phenoxy) is 3. The van der Waals surface area contributed by atoms with Crippen LogP contribution in [0.1, 0.15) is 32.4 Å². The molecular weight excluding hydrogens is 232 g/mol. The van der Waals surface area contributed by atoms with E-state index in [4.69, 9.17) is 14.2 Å². The molecule has 1 saturated heterocycles. The molecule has 2 atom stereocenters. The van der Waals surface area contributed by atoms with Crippen LogP contribution in [0.3, 0.4) is 0 Å². The molecule has 0 aromatic heterocycles. The van der Waals surface area contributed by atoms with Gasteiger partial charge in [-0.3, -0.25) is 0 Å². The van der Waals surface area contributed by atoms with Crippen LogP contribution < -0.4 is 4.74 Å². The minimum Gasteiger partial charge on any atom is -0.497 e. The van der Waals surface area contributed by atoms with Gasteiger partial charge in [0.1, 0.15) is 17.5 Å². The topological polar surface area (TPSA) is 48.1 Å². The first-order valence-corrected chi connectivity index (χ1v) is 5.93. The minimum atomic E-state index is -0.479. The number of methoxy groups -OCH3 is 1. The molecule has 2 rings (SSSR count). The maximum Gasteiger partial charge on any atom is 0.338 e. The Bertz CT molecular complexity index is 430. The fraction of sp³-hybridized carbons (Fsp3) is 0.500. The monoisotopic (exact) mass is 250 g/mol. The average molecular weight is 250 g/mol. The van der Waals surface area contributed by atoms with E-state index in [9.17, 15) is 4.79 Å². The van der Waals surface area contributed by atoms with E-state index in [0.29, 0.717) is 0 Å². The molecule has 98 valence electrons. The molecule has 1 heterocycles. The van der Waals surface area contributed by atoms with E-state index in [2.05, 4.69) is 0 Å². The van der Waals surface area contributed by atoms with Gasteiger partial charge in [-0.1, -0.05) is 12.1 Å². The molecule has 18 heavy (non-hydrogen) atoms. The molecule has 0 spiro atoms. The lowest BCUT2D eigenvalue weighted by atomic mass is 10.1. The van der Waals surface area contributed by atoms with E-state index in [1.165, 1.54) is 0 Å². The minimum absolute atomic E-state index is 0.189. The zero-order chi connectivity index (χ0) is 13.3. The number of rotatable bonds is 3. The maximum absolute atomic E-state index is 11.8. The Morgan fingerprint density at radius 2 is 1.83 bits per heavy atom. The van der Waals surface area contributed by atoms with Crippen LogP contribution >= 0.6 is 0 Å². The van der Waals surface area contributed by atoms with Gasteiger partial charge in [0.2, 0.25) is 0 Å². The van der Waals surface area contributed by atoms with Crippen molar-refractivity contribution in [2.24, 2.45) is 0 Å². The molecular formula is C14H18O4. The summed E-state index contributed by atoms with van der Waals surface area (Å²) >= 11 is 0. The average Bonchev–Trinajstić information content (AvgIpc) is 3.07. The highest BCUT2D eigenvalue weighted by molar-refractivity contribution is 5.78. The lowest BCUT2D eigenvalue weighted by Crippen LogP contribution is -2.26. The largest absolute Gasteiger partial charge is 0.497 e. The normalized spacial score (nSPS) is 22.4. The van der Waals surface area contributed by atoms with Gasteiger partial charge in [-0.2, -0.15) is 0 Å². The SMILES string of the molecule is COc1ccc(C2OC2C(=O)OC(C)(C)C)cc1. The van der Waals surface area contributed by atoms with Crippen molar-refractivity contribution in [3.8, 4) is 5.75 Å². The first-order valence-electron chi connectivity index (χ1n) is 5.93. The first kappa shape index (κ1) is 12.9. The van der Waals surface area contributed by atoms with Crippen LogP contribution in [0, 0.1) is 0 Å². The molecule has 0 amide bonds. The Balaban J connectivity index is 1.96. The van der Waals surface area contributed by atoms with E-state index < -0.39 is 11.7 Å². The maximum atomic E-state index is 11.8. The van der Waals surface area contributed by atoms with E-state index in [-0.39, 0.29) is 12.1 Å². The summed E-state index contributed by atoms with van der Waals surface area (Å²) in [6.45, 7) is 5.53. The number of hydrogen-bond acceptors (Lipinski definition) is 4. The second kappa shape index (κ2) is 4.61. The van der Waals surface area contributed by atoms with E-state index in [1.807, 2.05) is 45.0 Å². The molecule has 2 unspecified atom stereocenters. The first-order chi connectivity index (χ1) is 8.40. The second-order valence-corrected chi connectivity index (χ2v) is 5.28. The third-order valence-corrected chi connectivity index (χ3v) is 2.58. The highest BCUT2D eigenvalue weighted by atomic mass is 16.6. The highest BCUT2D eigenvalue weighted by Crippen LogP contribution is 2.40. The van der Waals surface area contributed by atoms with Gasteiger partial charge >= 0.3 is 5.97 Å². The van der Waals surface area contributed by atoms with E-state index in [1.54, 1.807) is 7.11 Å². The number of hydrogen-bond donors (Lipinski definition) is 0. The lowest BCUT2D eigenvalue weighted by Gasteiger charge is -2.18. The molecule has 4 nitrogen and oxygen atoms in total. The van der Waals surface area contributed by atoms with Crippen LogP contribution in [0.4, 0.5) is 0 Å². The van der Waals surface area contributed by atoms with Crippen LogP contribution in [0.2, 0.25) is 0 Å². The number of esters is 1. The smallest absolute Gasteiger partial charge is 0.338 e. The molecule has 1 fully saturated rings. The summed E-state index contributed by atoms with van der Waals surface area (Å²) in [6, 6.07) is 7.49. The van der Waals surface area contributed by atoms with Crippen molar-refractivity contribution in [3.63, 3.8) is 0 Å². The molecule has 1 aliphatic heterocycles. The van der Waals surface area contributed by atoms with E-state index >= 15 is 0 Å². The van der Waals surface area contributed by atoms with E-state index in [0.717, 1.165) is 11.3 Å². The van der Waals surface area contributed by atoms with Crippen molar-refractivity contribution in [2.45, 2.75) is 38.6 Å². The third-order valence-electron chi connectivity index (χ3n) is 2.58. The van der Waals surface area contributed by atoms with Crippen LogP contribution in [0.15, 0.2) is 24.3 Å². The van der Waals surface area contributed by atoms with Gasteiger partial charge in [0.25, 0.3) is 0 Å². The van der Waals surface area contributed by atoms with Gasteiger partial charge < -0.3 is 14.2 Å². The van der Waals surface area contributed by atoms with Crippen molar-refractivity contribution >= 4 is 5.97 Å². The van der Waals surface area contributed by atoms with Crippen molar-refractivity contribution in [2.75, 3.05) is 7.11 Å². The summed E-state index contributed by atoms with van der Waals surface area (Å²) in [6.07, 6.45) is -0.664. The summed E-state index contributed by atoms with van der Waals surface area (Å²) in [4.78, 5) is 11.8. The Kier molecular flexibility index (Phi) is 3.30. The molecule has 0 saturated carbocycles. The molecule has 1 aromatic rings. The number of benzene rings is 1. The number of epoxide rings is 1. The van der Waals surface area contributed by atoms with Crippen LogP contribution in [0.5, 0.6) is 5.75 Å². The van der Waals surface area contributed by atoms with Crippen molar-refractivity contribution < 1.29 is 19.0 Å². The standard InChI is InChI=1S/C14H18O4/c1-14(2,3)18-13(15)12-11(17-12)9-5-7-10(16-4)8-6-9/h5-8,11-12H,1-4H3. The van der Waals surface area contributed by atoms with Gasteiger partial charge in [-0.05, 0) is 38.5 Å². The molecule has 4 heteroatoms. The molecule has 0 N–H and O–H groups in total. The summed E-state index contributed by atoms with van der Waals surface area (Å²) in [5.41, 5.74) is 0.486.